The van der Waals surface area contributed by atoms with E-state index in [1.54, 1.807) is 0 Å². The Bertz CT molecular complexity index is 300. The van der Waals surface area contributed by atoms with E-state index in [1.807, 2.05) is 0 Å². The van der Waals surface area contributed by atoms with Gasteiger partial charge in [-0.25, -0.2) is 0 Å². The molecule has 0 aliphatic carbocycles. The van der Waals surface area contributed by atoms with Crippen molar-refractivity contribution >= 4 is 5.91 Å². The molecular formula is C16H30N2O. The molecule has 0 aromatic rings. The largest absolute Gasteiger partial charge is 0.341 e. The fourth-order valence-corrected chi connectivity index (χ4v) is 3.58. The Labute approximate surface area is 118 Å². The first-order valence-electron chi connectivity index (χ1n) is 8.05. The van der Waals surface area contributed by atoms with E-state index < -0.39 is 0 Å². The first kappa shape index (κ1) is 14.8. The molecule has 2 fully saturated rings. The number of carbonyl (C=O) groups excluding carboxylic acids is 1. The van der Waals surface area contributed by atoms with Gasteiger partial charge in [-0.05, 0) is 38.9 Å². The molecule has 110 valence electrons. The van der Waals surface area contributed by atoms with Crippen molar-refractivity contribution in [3.8, 4) is 0 Å². The topological polar surface area (TPSA) is 23.6 Å². The average Bonchev–Trinajstić information content (AvgIpc) is 2.36. The van der Waals surface area contributed by atoms with Crippen molar-refractivity contribution in [3.05, 3.63) is 0 Å². The second-order valence-electron chi connectivity index (χ2n) is 6.82. The van der Waals surface area contributed by atoms with Gasteiger partial charge in [0.05, 0.1) is 0 Å². The van der Waals surface area contributed by atoms with Crippen molar-refractivity contribution in [2.24, 2.45) is 11.3 Å². The molecule has 2 aliphatic heterocycles. The number of hydrogen-bond donors (Lipinski definition) is 0. The van der Waals surface area contributed by atoms with Crippen LogP contribution < -0.4 is 0 Å². The lowest BCUT2D eigenvalue weighted by Crippen LogP contribution is -2.61. The molecule has 3 nitrogen and oxygen atoms in total. The summed E-state index contributed by atoms with van der Waals surface area (Å²) in [5.41, 5.74) is 0.481. The maximum atomic E-state index is 12.3. The SMILES string of the molecule is CCCC(CC)CC(=O)N1CC2(CCN(C)CC2)C1. The Morgan fingerprint density at radius 3 is 2.37 bits per heavy atom. The third-order valence-corrected chi connectivity index (χ3v) is 5.19. The second-order valence-corrected chi connectivity index (χ2v) is 6.82. The Morgan fingerprint density at radius 2 is 1.84 bits per heavy atom. The molecule has 0 radical (unpaired) electrons. The molecule has 2 heterocycles. The molecule has 1 atom stereocenters. The van der Waals surface area contributed by atoms with Crippen LogP contribution in [0.1, 0.15) is 52.4 Å². The van der Waals surface area contributed by atoms with Crippen LogP contribution in [0, 0.1) is 11.3 Å². The highest BCUT2D eigenvalue weighted by Gasteiger charge is 2.46. The van der Waals surface area contributed by atoms with E-state index in [0.29, 0.717) is 17.2 Å². The first-order valence-corrected chi connectivity index (χ1v) is 8.05. The lowest BCUT2D eigenvalue weighted by Gasteiger charge is -2.54. The van der Waals surface area contributed by atoms with Gasteiger partial charge in [0.2, 0.25) is 5.91 Å². The van der Waals surface area contributed by atoms with Gasteiger partial charge in [0.15, 0.2) is 0 Å². The third kappa shape index (κ3) is 3.50. The minimum absolute atomic E-state index is 0.407. The maximum absolute atomic E-state index is 12.3. The zero-order valence-electron chi connectivity index (χ0n) is 13.0. The molecule has 1 amide bonds. The number of carbonyl (C=O) groups is 1. The normalized spacial score (nSPS) is 24.3. The quantitative estimate of drug-likeness (QED) is 0.764. The van der Waals surface area contributed by atoms with Gasteiger partial charge in [-0.2, -0.15) is 0 Å². The summed E-state index contributed by atoms with van der Waals surface area (Å²) in [4.78, 5) is 16.8. The van der Waals surface area contributed by atoms with E-state index in [0.717, 1.165) is 25.9 Å². The van der Waals surface area contributed by atoms with E-state index in [-0.39, 0.29) is 0 Å². The molecule has 0 aromatic heterocycles. The molecule has 2 saturated heterocycles. The van der Waals surface area contributed by atoms with E-state index in [9.17, 15) is 4.79 Å². The number of amides is 1. The van der Waals surface area contributed by atoms with Crippen LogP contribution in [0.3, 0.4) is 0 Å². The summed E-state index contributed by atoms with van der Waals surface area (Å²) in [6.07, 6.45) is 6.87. The molecule has 19 heavy (non-hydrogen) atoms. The Kier molecular flexibility index (Phi) is 4.88. The van der Waals surface area contributed by atoms with Gasteiger partial charge >= 0.3 is 0 Å². The van der Waals surface area contributed by atoms with Crippen LogP contribution in [0.15, 0.2) is 0 Å². The van der Waals surface area contributed by atoms with Crippen LogP contribution in [-0.4, -0.2) is 48.9 Å². The van der Waals surface area contributed by atoms with Gasteiger partial charge in [-0.1, -0.05) is 33.1 Å². The van der Waals surface area contributed by atoms with Crippen LogP contribution in [0.5, 0.6) is 0 Å². The number of rotatable bonds is 5. The smallest absolute Gasteiger partial charge is 0.222 e. The fraction of sp³-hybridized carbons (Fsp3) is 0.938. The number of nitrogens with zero attached hydrogens (tertiary/aromatic N) is 2. The maximum Gasteiger partial charge on any atom is 0.222 e. The van der Waals surface area contributed by atoms with E-state index in [4.69, 9.17) is 0 Å². The van der Waals surface area contributed by atoms with Gasteiger partial charge in [-0.15, -0.1) is 0 Å². The Balaban J connectivity index is 1.75. The fourth-order valence-electron chi connectivity index (χ4n) is 3.58. The van der Waals surface area contributed by atoms with Crippen molar-refractivity contribution < 1.29 is 4.79 Å². The molecule has 1 unspecified atom stereocenters. The Hall–Kier alpha value is -0.570. The van der Waals surface area contributed by atoms with Crippen molar-refractivity contribution in [2.45, 2.75) is 52.4 Å². The van der Waals surface area contributed by atoms with Crippen molar-refractivity contribution in [1.29, 1.82) is 0 Å². The summed E-state index contributed by atoms with van der Waals surface area (Å²) in [6.45, 7) is 8.89. The number of likely N-dealkylation sites (tertiary alicyclic amines) is 2. The predicted molar refractivity (Wildman–Crippen MR) is 79.1 cm³/mol. The van der Waals surface area contributed by atoms with Crippen molar-refractivity contribution in [3.63, 3.8) is 0 Å². The van der Waals surface area contributed by atoms with Gasteiger partial charge in [-0.3, -0.25) is 4.79 Å². The zero-order valence-corrected chi connectivity index (χ0v) is 13.0. The summed E-state index contributed by atoms with van der Waals surface area (Å²) >= 11 is 0. The van der Waals surface area contributed by atoms with Crippen LogP contribution in [0.4, 0.5) is 0 Å². The van der Waals surface area contributed by atoms with Crippen molar-refractivity contribution in [1.82, 2.24) is 9.80 Å². The summed E-state index contributed by atoms with van der Waals surface area (Å²) in [5.74, 6) is 1.01. The molecule has 2 aliphatic rings. The molecule has 0 aromatic carbocycles. The summed E-state index contributed by atoms with van der Waals surface area (Å²) in [7, 11) is 2.20. The minimum atomic E-state index is 0.407. The highest BCUT2D eigenvalue weighted by atomic mass is 16.2. The summed E-state index contributed by atoms with van der Waals surface area (Å²) in [6, 6.07) is 0. The molecule has 0 bridgehead atoms. The van der Waals surface area contributed by atoms with Crippen LogP contribution in [0.2, 0.25) is 0 Å². The molecule has 0 saturated carbocycles. The zero-order chi connectivity index (χ0) is 13.9. The molecule has 0 N–H and O–H groups in total. The molecule has 2 rings (SSSR count). The summed E-state index contributed by atoms with van der Waals surface area (Å²) in [5, 5.41) is 0. The average molecular weight is 266 g/mol. The predicted octanol–water partition coefficient (Wildman–Crippen LogP) is 2.76. The molecular weight excluding hydrogens is 236 g/mol. The number of hydrogen-bond acceptors (Lipinski definition) is 2. The highest BCUT2D eigenvalue weighted by molar-refractivity contribution is 5.77. The van der Waals surface area contributed by atoms with Crippen LogP contribution in [0.25, 0.3) is 0 Å². The molecule has 1 spiro atoms. The number of piperidine rings is 1. The van der Waals surface area contributed by atoms with Gasteiger partial charge in [0, 0.05) is 24.9 Å². The lowest BCUT2D eigenvalue weighted by atomic mass is 9.72. The standard InChI is InChI=1S/C16H30N2O/c1-4-6-14(5-2)11-15(19)18-12-16(13-18)7-9-17(3)10-8-16/h14H,4-13H2,1-3H3. The summed E-state index contributed by atoms with van der Waals surface area (Å²) < 4.78 is 0. The van der Waals surface area contributed by atoms with Gasteiger partial charge in [0.1, 0.15) is 0 Å². The van der Waals surface area contributed by atoms with E-state index in [1.165, 1.54) is 38.8 Å². The van der Waals surface area contributed by atoms with Crippen LogP contribution in [-0.2, 0) is 4.79 Å². The minimum Gasteiger partial charge on any atom is -0.341 e. The lowest BCUT2D eigenvalue weighted by molar-refractivity contribution is -0.147. The highest BCUT2D eigenvalue weighted by Crippen LogP contribution is 2.40. The van der Waals surface area contributed by atoms with Gasteiger partial charge in [0.25, 0.3) is 0 Å². The van der Waals surface area contributed by atoms with Crippen molar-refractivity contribution in [2.75, 3.05) is 33.2 Å². The third-order valence-electron chi connectivity index (χ3n) is 5.19. The van der Waals surface area contributed by atoms with E-state index >= 15 is 0 Å². The van der Waals surface area contributed by atoms with Gasteiger partial charge < -0.3 is 9.80 Å². The Morgan fingerprint density at radius 1 is 1.21 bits per heavy atom. The monoisotopic (exact) mass is 266 g/mol. The first-order chi connectivity index (χ1) is 9.08. The second kappa shape index (κ2) is 6.25. The van der Waals surface area contributed by atoms with E-state index in [2.05, 4.69) is 30.7 Å². The van der Waals surface area contributed by atoms with Crippen LogP contribution >= 0.6 is 0 Å². The molecule has 3 heteroatoms.